The molecule has 0 bridgehead atoms. The van der Waals surface area contributed by atoms with Crippen molar-refractivity contribution in [2.24, 2.45) is 22.9 Å². The van der Waals surface area contributed by atoms with E-state index < -0.39 is 84.9 Å². The molecule has 0 spiro atoms. The first-order valence-electron chi connectivity index (χ1n) is 10.2. The van der Waals surface area contributed by atoms with Crippen molar-refractivity contribution in [1.29, 1.82) is 0 Å². The van der Waals surface area contributed by atoms with Crippen LogP contribution in [0.15, 0.2) is 0 Å². The Morgan fingerprint density at radius 1 is 0.676 bits per heavy atom. The van der Waals surface area contributed by atoms with E-state index in [-0.39, 0.29) is 13.0 Å². The molecule has 4 unspecified atom stereocenters. The summed E-state index contributed by atoms with van der Waals surface area (Å²) in [5, 5.41) is 24.3. The van der Waals surface area contributed by atoms with E-state index in [1.165, 1.54) is 0 Å². The average Bonchev–Trinajstić information content (AvgIpc) is 2.70. The van der Waals surface area contributed by atoms with Gasteiger partial charge < -0.3 is 49.1 Å². The number of aliphatic carboxylic acids is 2. The third-order valence-corrected chi connectivity index (χ3v) is 4.37. The van der Waals surface area contributed by atoms with Crippen LogP contribution in [0.2, 0.25) is 0 Å². The maximum atomic E-state index is 12.8. The van der Waals surface area contributed by atoms with Gasteiger partial charge >= 0.3 is 11.9 Å². The van der Waals surface area contributed by atoms with E-state index in [0.717, 1.165) is 0 Å². The molecule has 16 heteroatoms. The van der Waals surface area contributed by atoms with Crippen LogP contribution in [-0.4, -0.2) is 82.4 Å². The summed E-state index contributed by atoms with van der Waals surface area (Å²) in [5.41, 5.74) is 21.0. The lowest BCUT2D eigenvalue weighted by Gasteiger charge is -2.24. The zero-order chi connectivity index (χ0) is 26.4. The molecule has 0 saturated heterocycles. The van der Waals surface area contributed by atoms with Gasteiger partial charge in [-0.3, -0.25) is 28.8 Å². The molecule has 0 fully saturated rings. The van der Waals surface area contributed by atoms with Crippen molar-refractivity contribution in [3.8, 4) is 0 Å². The Labute approximate surface area is 194 Å². The maximum Gasteiger partial charge on any atom is 0.326 e. The highest BCUT2D eigenvalue weighted by atomic mass is 16.4. The Bertz CT molecular complexity index is 790. The second-order valence-electron chi connectivity index (χ2n) is 7.35. The number of hydrogen-bond donors (Lipinski definition) is 9. The minimum absolute atomic E-state index is 0.0267. The summed E-state index contributed by atoms with van der Waals surface area (Å²) in [5.74, 6) is -8.01. The Balaban J connectivity index is 5.56. The maximum absolute atomic E-state index is 12.8. The van der Waals surface area contributed by atoms with E-state index in [1.54, 1.807) is 0 Å². The van der Waals surface area contributed by atoms with E-state index in [0.29, 0.717) is 12.8 Å². The summed E-state index contributed by atoms with van der Waals surface area (Å²) in [6.07, 6.45) is -1.33. The Kier molecular flexibility index (Phi) is 13.4. The molecule has 0 radical (unpaired) electrons. The monoisotopic (exact) mass is 489 g/mol. The molecule has 0 aromatic carbocycles. The van der Waals surface area contributed by atoms with Crippen LogP contribution in [0.3, 0.4) is 0 Å². The summed E-state index contributed by atoms with van der Waals surface area (Å²) in [6, 6.07) is -6.13. The largest absolute Gasteiger partial charge is 0.481 e. The molecule has 34 heavy (non-hydrogen) atoms. The predicted octanol–water partition coefficient (Wildman–Crippen LogP) is -4.79. The quantitative estimate of drug-likeness (QED) is 0.0873. The fourth-order valence-electron chi connectivity index (χ4n) is 2.68. The molecule has 0 aromatic rings. The summed E-state index contributed by atoms with van der Waals surface area (Å²) >= 11 is 0. The van der Waals surface area contributed by atoms with Crippen LogP contribution in [0.5, 0.6) is 0 Å². The smallest absolute Gasteiger partial charge is 0.326 e. The topological polar surface area (TPSA) is 300 Å². The van der Waals surface area contributed by atoms with E-state index in [4.69, 9.17) is 33.1 Å². The molecule has 0 rings (SSSR count). The molecule has 4 atom stereocenters. The van der Waals surface area contributed by atoms with Gasteiger partial charge in [-0.05, 0) is 25.8 Å². The van der Waals surface area contributed by atoms with Gasteiger partial charge in [0.1, 0.15) is 18.1 Å². The van der Waals surface area contributed by atoms with Gasteiger partial charge in [0.05, 0.1) is 25.3 Å². The number of primary amides is 2. The van der Waals surface area contributed by atoms with Crippen molar-refractivity contribution in [2.75, 3.05) is 6.54 Å². The average molecular weight is 489 g/mol. The van der Waals surface area contributed by atoms with Gasteiger partial charge in [0.2, 0.25) is 29.5 Å². The van der Waals surface area contributed by atoms with Crippen molar-refractivity contribution in [3.05, 3.63) is 0 Å². The van der Waals surface area contributed by atoms with Crippen LogP contribution >= 0.6 is 0 Å². The summed E-state index contributed by atoms with van der Waals surface area (Å²) in [7, 11) is 0. The minimum atomic E-state index is -1.73. The lowest BCUT2D eigenvalue weighted by atomic mass is 10.1. The lowest BCUT2D eigenvalue weighted by molar-refractivity contribution is -0.144. The highest BCUT2D eigenvalue weighted by molar-refractivity contribution is 5.97. The predicted molar refractivity (Wildman–Crippen MR) is 114 cm³/mol. The van der Waals surface area contributed by atoms with Gasteiger partial charge in [0.25, 0.3) is 0 Å². The standard InChI is InChI=1S/C18H31N7O9/c19-4-2-1-3-9(23-15(30)8(20)5-14(28)29)16(31)24-10(6-12(21)26)17(32)25-11(18(33)34)7-13(22)27/h8-11H,1-7,19-20H2,(H2,21,26)(H2,22,27)(H,23,30)(H,24,31)(H,25,32)(H,28,29)(H,33,34). The number of amides is 5. The van der Waals surface area contributed by atoms with Crippen molar-refractivity contribution >= 4 is 41.5 Å². The summed E-state index contributed by atoms with van der Waals surface area (Å²) < 4.78 is 0. The van der Waals surface area contributed by atoms with Gasteiger partial charge in [0, 0.05) is 0 Å². The summed E-state index contributed by atoms with van der Waals surface area (Å²) in [4.78, 5) is 81.9. The van der Waals surface area contributed by atoms with Crippen LogP contribution in [0.4, 0.5) is 0 Å². The van der Waals surface area contributed by atoms with Crippen LogP contribution in [-0.2, 0) is 33.6 Å². The number of carboxylic acid groups (broad SMARTS) is 2. The normalized spacial score (nSPS) is 14.1. The number of rotatable bonds is 17. The Hall–Kier alpha value is -3.79. The third kappa shape index (κ3) is 12.3. The molecule has 0 aliphatic rings. The highest BCUT2D eigenvalue weighted by Crippen LogP contribution is 2.05. The second kappa shape index (κ2) is 15.1. The third-order valence-electron chi connectivity index (χ3n) is 4.37. The first-order chi connectivity index (χ1) is 15.8. The Morgan fingerprint density at radius 3 is 1.62 bits per heavy atom. The van der Waals surface area contributed by atoms with E-state index >= 15 is 0 Å². The van der Waals surface area contributed by atoms with Crippen LogP contribution in [0.25, 0.3) is 0 Å². The fraction of sp³-hybridized carbons (Fsp3) is 0.611. The molecule has 16 nitrogen and oxygen atoms in total. The van der Waals surface area contributed by atoms with Crippen molar-refractivity contribution in [2.45, 2.75) is 62.7 Å². The van der Waals surface area contributed by atoms with Crippen molar-refractivity contribution in [1.82, 2.24) is 16.0 Å². The number of carbonyl (C=O) groups excluding carboxylic acids is 5. The molecule has 5 amide bonds. The molecule has 192 valence electrons. The molecule has 0 aliphatic heterocycles. The molecule has 0 aliphatic carbocycles. The number of carboxylic acids is 2. The number of unbranched alkanes of at least 4 members (excludes halogenated alkanes) is 1. The van der Waals surface area contributed by atoms with Crippen LogP contribution in [0, 0.1) is 0 Å². The van der Waals surface area contributed by atoms with Gasteiger partial charge in [-0.15, -0.1) is 0 Å². The van der Waals surface area contributed by atoms with E-state index in [9.17, 15) is 33.6 Å². The first kappa shape index (κ1) is 30.2. The van der Waals surface area contributed by atoms with Gasteiger partial charge in [-0.25, -0.2) is 4.79 Å². The molecule has 0 aromatic heterocycles. The molecular weight excluding hydrogens is 458 g/mol. The molecular formula is C18H31N7O9. The van der Waals surface area contributed by atoms with E-state index in [2.05, 4.69) is 10.6 Å². The Morgan fingerprint density at radius 2 is 1.15 bits per heavy atom. The molecule has 0 saturated carbocycles. The number of nitrogens with one attached hydrogen (secondary N) is 3. The number of hydrogen-bond acceptors (Lipinski definition) is 9. The number of carbonyl (C=O) groups is 7. The van der Waals surface area contributed by atoms with Crippen LogP contribution in [0.1, 0.15) is 38.5 Å². The minimum Gasteiger partial charge on any atom is -0.481 e. The van der Waals surface area contributed by atoms with Crippen LogP contribution < -0.4 is 38.9 Å². The SMILES string of the molecule is NCCCCC(NC(=O)C(N)CC(=O)O)C(=O)NC(CC(N)=O)C(=O)NC(CC(N)=O)C(=O)O. The van der Waals surface area contributed by atoms with E-state index in [1.807, 2.05) is 5.32 Å². The summed E-state index contributed by atoms with van der Waals surface area (Å²) in [6.45, 7) is 0.282. The van der Waals surface area contributed by atoms with Crippen molar-refractivity contribution in [3.63, 3.8) is 0 Å². The second-order valence-corrected chi connectivity index (χ2v) is 7.35. The zero-order valence-corrected chi connectivity index (χ0v) is 18.3. The molecule has 13 N–H and O–H groups in total. The first-order valence-corrected chi connectivity index (χ1v) is 10.2. The highest BCUT2D eigenvalue weighted by Gasteiger charge is 2.31. The van der Waals surface area contributed by atoms with Gasteiger partial charge in [0.15, 0.2) is 0 Å². The zero-order valence-electron chi connectivity index (χ0n) is 18.3. The number of nitrogens with two attached hydrogens (primary N) is 4. The fourth-order valence-corrected chi connectivity index (χ4v) is 2.68. The van der Waals surface area contributed by atoms with Gasteiger partial charge in [-0.2, -0.15) is 0 Å². The van der Waals surface area contributed by atoms with Gasteiger partial charge in [-0.1, -0.05) is 0 Å². The molecule has 0 heterocycles. The van der Waals surface area contributed by atoms with Crippen molar-refractivity contribution < 1.29 is 43.8 Å². The lowest BCUT2D eigenvalue weighted by Crippen LogP contribution is -2.58.